The number of halogens is 2. The number of ketones is 1. The predicted molar refractivity (Wildman–Crippen MR) is 83.9 cm³/mol. The molecule has 0 saturated heterocycles. The molecule has 104 valence electrons. The summed E-state index contributed by atoms with van der Waals surface area (Å²) in [6.07, 6.45) is 1.92. The first kappa shape index (κ1) is 13.9. The van der Waals surface area contributed by atoms with Crippen LogP contribution in [-0.4, -0.2) is 10.8 Å². The van der Waals surface area contributed by atoms with Gasteiger partial charge >= 0.3 is 0 Å². The van der Waals surface area contributed by atoms with E-state index < -0.39 is 0 Å². The van der Waals surface area contributed by atoms with Crippen LogP contribution < -0.4 is 0 Å². The Morgan fingerprint density at radius 3 is 2.81 bits per heavy atom. The zero-order valence-corrected chi connectivity index (χ0v) is 12.6. The van der Waals surface area contributed by atoms with Crippen LogP contribution in [0.5, 0.6) is 0 Å². The van der Waals surface area contributed by atoms with Gasteiger partial charge in [-0.05, 0) is 29.8 Å². The van der Waals surface area contributed by atoms with E-state index in [0.29, 0.717) is 10.0 Å². The number of hydrogen-bond donors (Lipinski definition) is 0. The van der Waals surface area contributed by atoms with Crippen molar-refractivity contribution >= 4 is 32.6 Å². The van der Waals surface area contributed by atoms with Crippen molar-refractivity contribution in [2.75, 3.05) is 0 Å². The van der Waals surface area contributed by atoms with Gasteiger partial charge in [-0.2, -0.15) is 0 Å². The first-order chi connectivity index (χ1) is 10.1. The molecule has 0 spiro atoms. The summed E-state index contributed by atoms with van der Waals surface area (Å²) in [6, 6.07) is 13.5. The maximum atomic E-state index is 13.1. The van der Waals surface area contributed by atoms with Gasteiger partial charge in [-0.15, -0.1) is 0 Å². The van der Waals surface area contributed by atoms with Gasteiger partial charge in [0.25, 0.3) is 0 Å². The number of aromatic nitrogens is 1. The molecular formula is C17H11BrFNO. The van der Waals surface area contributed by atoms with Gasteiger partial charge in [0, 0.05) is 28.0 Å². The van der Waals surface area contributed by atoms with Crippen molar-refractivity contribution in [1.82, 2.24) is 4.98 Å². The lowest BCUT2D eigenvalue weighted by Gasteiger charge is -2.07. The normalized spacial score (nSPS) is 10.8. The number of rotatable bonds is 3. The Hall–Kier alpha value is -2.07. The van der Waals surface area contributed by atoms with E-state index in [1.54, 1.807) is 18.3 Å². The second-order valence-electron chi connectivity index (χ2n) is 4.71. The van der Waals surface area contributed by atoms with Gasteiger partial charge in [-0.1, -0.05) is 40.2 Å². The van der Waals surface area contributed by atoms with Crippen LogP contribution in [-0.2, 0) is 6.42 Å². The van der Waals surface area contributed by atoms with E-state index in [4.69, 9.17) is 0 Å². The Morgan fingerprint density at radius 1 is 1.14 bits per heavy atom. The van der Waals surface area contributed by atoms with E-state index in [1.165, 1.54) is 12.1 Å². The number of Topliss-reactive ketones (excluding diaryl/α,β-unsaturated/α-hetero) is 1. The van der Waals surface area contributed by atoms with Gasteiger partial charge in [0.1, 0.15) is 5.82 Å². The molecule has 1 aromatic heterocycles. The molecule has 3 aromatic rings. The number of carbonyl (C=O) groups excluding carboxylic acids is 1. The first-order valence-electron chi connectivity index (χ1n) is 6.46. The molecule has 0 aliphatic heterocycles. The Bertz CT molecular complexity index is 827. The van der Waals surface area contributed by atoms with Crippen LogP contribution in [0.2, 0.25) is 0 Å². The third-order valence-corrected chi connectivity index (χ3v) is 4.05. The minimum atomic E-state index is -0.326. The third-order valence-electron chi connectivity index (χ3n) is 3.31. The third kappa shape index (κ3) is 2.85. The molecule has 0 radical (unpaired) electrons. The minimum Gasteiger partial charge on any atom is -0.294 e. The number of hydrogen-bond acceptors (Lipinski definition) is 2. The van der Waals surface area contributed by atoms with Crippen molar-refractivity contribution in [1.29, 1.82) is 0 Å². The molecule has 4 heteroatoms. The molecule has 3 rings (SSSR count). The van der Waals surface area contributed by atoms with Crippen LogP contribution >= 0.6 is 15.9 Å². The molecule has 2 nitrogen and oxygen atoms in total. The summed E-state index contributed by atoms with van der Waals surface area (Å²) in [5.41, 5.74) is 2.20. The van der Waals surface area contributed by atoms with Crippen LogP contribution in [0.1, 0.15) is 15.9 Å². The molecule has 0 N–H and O–H groups in total. The summed E-state index contributed by atoms with van der Waals surface area (Å²) in [5, 5.41) is 0.836. The lowest BCUT2D eigenvalue weighted by molar-refractivity contribution is 0.0994. The maximum absolute atomic E-state index is 13.1. The Morgan fingerprint density at radius 2 is 2.00 bits per heavy atom. The quantitative estimate of drug-likeness (QED) is 0.652. The van der Waals surface area contributed by atoms with E-state index in [0.717, 1.165) is 16.5 Å². The highest BCUT2D eigenvalue weighted by molar-refractivity contribution is 9.10. The number of nitrogens with zero attached hydrogens (tertiary/aromatic N) is 1. The monoisotopic (exact) mass is 343 g/mol. The average Bonchev–Trinajstić information content (AvgIpc) is 2.49. The van der Waals surface area contributed by atoms with Crippen LogP contribution in [0.15, 0.2) is 59.2 Å². The average molecular weight is 344 g/mol. The van der Waals surface area contributed by atoms with Crippen molar-refractivity contribution in [3.8, 4) is 0 Å². The number of fused-ring (bicyclic) bond motifs is 1. The first-order valence-corrected chi connectivity index (χ1v) is 7.25. The largest absolute Gasteiger partial charge is 0.294 e. The van der Waals surface area contributed by atoms with E-state index in [1.807, 2.05) is 24.3 Å². The Labute approximate surface area is 129 Å². The summed E-state index contributed by atoms with van der Waals surface area (Å²) in [4.78, 5) is 16.8. The smallest absolute Gasteiger partial charge is 0.167 e. The van der Waals surface area contributed by atoms with Crippen molar-refractivity contribution < 1.29 is 9.18 Å². The van der Waals surface area contributed by atoms with Crippen molar-refractivity contribution in [2.24, 2.45) is 0 Å². The zero-order chi connectivity index (χ0) is 14.8. The van der Waals surface area contributed by atoms with Gasteiger partial charge in [0.05, 0.1) is 5.52 Å². The fraction of sp³-hybridized carbons (Fsp3) is 0.0588. The van der Waals surface area contributed by atoms with E-state index in [9.17, 15) is 9.18 Å². The number of carbonyl (C=O) groups is 1. The van der Waals surface area contributed by atoms with Crippen LogP contribution in [0, 0.1) is 5.82 Å². The van der Waals surface area contributed by atoms with Crippen molar-refractivity contribution in [3.63, 3.8) is 0 Å². The molecule has 0 saturated carbocycles. The second-order valence-corrected chi connectivity index (χ2v) is 5.57. The topological polar surface area (TPSA) is 30.0 Å². The minimum absolute atomic E-state index is 0.0130. The molecule has 21 heavy (non-hydrogen) atoms. The number of pyridine rings is 1. The second kappa shape index (κ2) is 5.74. The van der Waals surface area contributed by atoms with Gasteiger partial charge in [0.15, 0.2) is 5.78 Å². The summed E-state index contributed by atoms with van der Waals surface area (Å²) < 4.78 is 13.7. The fourth-order valence-electron chi connectivity index (χ4n) is 2.28. The lowest BCUT2D eigenvalue weighted by atomic mass is 9.99. The van der Waals surface area contributed by atoms with E-state index >= 15 is 0 Å². The van der Waals surface area contributed by atoms with Gasteiger partial charge in [-0.25, -0.2) is 4.39 Å². The Balaban J connectivity index is 1.97. The van der Waals surface area contributed by atoms with E-state index in [-0.39, 0.29) is 18.0 Å². The summed E-state index contributed by atoms with van der Waals surface area (Å²) >= 11 is 3.29. The van der Waals surface area contributed by atoms with Crippen LogP contribution in [0.4, 0.5) is 4.39 Å². The van der Waals surface area contributed by atoms with Gasteiger partial charge < -0.3 is 0 Å². The summed E-state index contributed by atoms with van der Waals surface area (Å²) in [5.74, 6) is -0.339. The van der Waals surface area contributed by atoms with Crippen molar-refractivity contribution in [3.05, 3.63) is 76.1 Å². The maximum Gasteiger partial charge on any atom is 0.167 e. The standard InChI is InChI=1S/C17H11BrFNO/c18-15-10-12(19)7-6-11(15)9-17(21)14-3-1-5-16-13(14)4-2-8-20-16/h1-8,10H,9H2. The molecule has 2 aromatic carbocycles. The highest BCUT2D eigenvalue weighted by atomic mass is 79.9. The molecular weight excluding hydrogens is 333 g/mol. The SMILES string of the molecule is O=C(Cc1ccc(F)cc1Br)c1cccc2ncccc12. The summed E-state index contributed by atoms with van der Waals surface area (Å²) in [6.45, 7) is 0. The molecule has 0 aliphatic rings. The van der Waals surface area contributed by atoms with Crippen LogP contribution in [0.3, 0.4) is 0 Å². The highest BCUT2D eigenvalue weighted by Gasteiger charge is 2.13. The fourth-order valence-corrected chi connectivity index (χ4v) is 2.77. The van der Waals surface area contributed by atoms with Gasteiger partial charge in [-0.3, -0.25) is 9.78 Å². The highest BCUT2D eigenvalue weighted by Crippen LogP contribution is 2.22. The summed E-state index contributed by atoms with van der Waals surface area (Å²) in [7, 11) is 0. The molecule has 0 atom stereocenters. The van der Waals surface area contributed by atoms with Crippen LogP contribution in [0.25, 0.3) is 10.9 Å². The molecule has 0 aliphatic carbocycles. The molecule has 0 bridgehead atoms. The predicted octanol–water partition coefficient (Wildman–Crippen LogP) is 4.56. The lowest BCUT2D eigenvalue weighted by Crippen LogP contribution is -2.05. The zero-order valence-electron chi connectivity index (χ0n) is 11.0. The van der Waals surface area contributed by atoms with E-state index in [2.05, 4.69) is 20.9 Å². The molecule has 0 amide bonds. The van der Waals surface area contributed by atoms with Gasteiger partial charge in [0.2, 0.25) is 0 Å². The Kier molecular flexibility index (Phi) is 3.80. The molecule has 0 unspecified atom stereocenters. The van der Waals surface area contributed by atoms with Crippen molar-refractivity contribution in [2.45, 2.75) is 6.42 Å². The molecule has 1 heterocycles. The number of benzene rings is 2. The molecule has 0 fully saturated rings.